The highest BCUT2D eigenvalue weighted by Crippen LogP contribution is 2.35. The summed E-state index contributed by atoms with van der Waals surface area (Å²) in [6.45, 7) is 4.07. The molecule has 2 N–H and O–H groups in total. The van der Waals surface area contributed by atoms with Crippen LogP contribution in [0.5, 0.6) is 11.6 Å². The minimum atomic E-state index is 0.121. The van der Waals surface area contributed by atoms with Gasteiger partial charge < -0.3 is 10.5 Å². The van der Waals surface area contributed by atoms with E-state index in [9.17, 15) is 5.26 Å². The molecule has 0 aliphatic rings. The van der Waals surface area contributed by atoms with Crippen LogP contribution in [0.1, 0.15) is 32.0 Å². The summed E-state index contributed by atoms with van der Waals surface area (Å²) in [5.41, 5.74) is 6.91. The Morgan fingerprint density at radius 2 is 2.20 bits per heavy atom. The molecule has 0 saturated heterocycles. The van der Waals surface area contributed by atoms with Crippen molar-refractivity contribution in [1.29, 1.82) is 5.26 Å². The van der Waals surface area contributed by atoms with Gasteiger partial charge in [0, 0.05) is 17.1 Å². The molecule has 1 aromatic carbocycles. The fourth-order valence-electron chi connectivity index (χ4n) is 1.98. The molecule has 0 unspecified atom stereocenters. The number of nitriles is 1. The molecule has 1 aromatic heterocycles. The lowest BCUT2D eigenvalue weighted by Gasteiger charge is -2.17. The van der Waals surface area contributed by atoms with Crippen LogP contribution in [0.25, 0.3) is 0 Å². The molecule has 0 fully saturated rings. The first-order chi connectivity index (χ1) is 9.56. The molecule has 0 amide bonds. The molecule has 0 aliphatic heterocycles. The van der Waals surface area contributed by atoms with Crippen molar-refractivity contribution in [3.05, 3.63) is 41.0 Å². The third-order valence-electron chi connectivity index (χ3n) is 3.17. The van der Waals surface area contributed by atoms with Crippen molar-refractivity contribution < 1.29 is 4.74 Å². The fraction of sp³-hybridized carbons (Fsp3) is 0.267. The topological polar surface area (TPSA) is 64.0 Å². The van der Waals surface area contributed by atoms with Crippen molar-refractivity contribution in [3.63, 3.8) is 0 Å². The summed E-state index contributed by atoms with van der Waals surface area (Å²) in [5.74, 6) is 1.08. The molecule has 5 heteroatoms. The van der Waals surface area contributed by atoms with Gasteiger partial charge in [0.1, 0.15) is 17.5 Å². The van der Waals surface area contributed by atoms with Crippen molar-refractivity contribution in [2.24, 2.45) is 0 Å². The number of aromatic nitrogens is 1. The average molecular weight is 290 g/mol. The lowest BCUT2D eigenvalue weighted by atomic mass is 10.2. The van der Waals surface area contributed by atoms with Gasteiger partial charge in [-0.3, -0.25) is 4.57 Å². The van der Waals surface area contributed by atoms with Gasteiger partial charge in [-0.1, -0.05) is 24.6 Å². The molecule has 1 heterocycles. The molecular formula is C15H16ClN3O. The maximum atomic E-state index is 9.21. The Hall–Kier alpha value is -2.12. The third kappa shape index (κ3) is 2.73. The molecule has 0 spiro atoms. The van der Waals surface area contributed by atoms with E-state index < -0.39 is 0 Å². The molecule has 0 saturated carbocycles. The van der Waals surface area contributed by atoms with Crippen LogP contribution < -0.4 is 10.5 Å². The second-order valence-electron chi connectivity index (χ2n) is 4.59. The second kappa shape index (κ2) is 5.89. The van der Waals surface area contributed by atoms with Gasteiger partial charge in [0.2, 0.25) is 5.88 Å². The summed E-state index contributed by atoms with van der Waals surface area (Å²) in [6, 6.07) is 11.0. The number of halogens is 1. The molecule has 0 aliphatic carbocycles. The van der Waals surface area contributed by atoms with Gasteiger partial charge in [0.25, 0.3) is 0 Å². The van der Waals surface area contributed by atoms with Crippen molar-refractivity contribution >= 4 is 17.3 Å². The largest absolute Gasteiger partial charge is 0.439 e. The highest BCUT2D eigenvalue weighted by Gasteiger charge is 2.19. The lowest BCUT2D eigenvalue weighted by molar-refractivity contribution is 0.398. The first-order valence-corrected chi connectivity index (χ1v) is 6.78. The van der Waals surface area contributed by atoms with Crippen molar-refractivity contribution in [2.45, 2.75) is 26.3 Å². The molecule has 4 nitrogen and oxygen atoms in total. The summed E-state index contributed by atoms with van der Waals surface area (Å²) < 4.78 is 7.64. The zero-order valence-corrected chi connectivity index (χ0v) is 12.2. The van der Waals surface area contributed by atoms with E-state index >= 15 is 0 Å². The smallest absolute Gasteiger partial charge is 0.224 e. The maximum absolute atomic E-state index is 9.21. The molecule has 2 aromatic rings. The summed E-state index contributed by atoms with van der Waals surface area (Å²) >= 11 is 5.94. The maximum Gasteiger partial charge on any atom is 0.224 e. The Labute approximate surface area is 123 Å². The van der Waals surface area contributed by atoms with Gasteiger partial charge in [-0.2, -0.15) is 5.26 Å². The summed E-state index contributed by atoms with van der Waals surface area (Å²) in [5, 5.41) is 9.79. The zero-order valence-electron chi connectivity index (χ0n) is 11.4. The van der Waals surface area contributed by atoms with Crippen LogP contribution in [0.2, 0.25) is 5.02 Å². The second-order valence-corrected chi connectivity index (χ2v) is 5.03. The van der Waals surface area contributed by atoms with E-state index in [1.54, 1.807) is 30.3 Å². The van der Waals surface area contributed by atoms with Crippen LogP contribution in [0.4, 0.5) is 5.69 Å². The number of hydrogen-bond acceptors (Lipinski definition) is 3. The van der Waals surface area contributed by atoms with Gasteiger partial charge >= 0.3 is 0 Å². The zero-order chi connectivity index (χ0) is 14.7. The average Bonchev–Trinajstić information content (AvgIpc) is 2.74. The summed E-state index contributed by atoms with van der Waals surface area (Å²) in [6.07, 6.45) is 0.870. The first-order valence-electron chi connectivity index (χ1n) is 6.41. The molecule has 0 bridgehead atoms. The SMILES string of the molecule is CC[C@@H](C)n1c(C#N)cc(N)c1Oc1cccc(Cl)c1. The van der Waals surface area contributed by atoms with Crippen LogP contribution in [0.3, 0.4) is 0 Å². The number of rotatable bonds is 4. The van der Waals surface area contributed by atoms with E-state index in [0.717, 1.165) is 6.42 Å². The number of nitrogens with two attached hydrogens (primary N) is 1. The fourth-order valence-corrected chi connectivity index (χ4v) is 2.16. The van der Waals surface area contributed by atoms with E-state index in [-0.39, 0.29) is 6.04 Å². The van der Waals surface area contributed by atoms with Crippen LogP contribution in [0, 0.1) is 11.3 Å². The van der Waals surface area contributed by atoms with Gasteiger partial charge in [-0.25, -0.2) is 0 Å². The van der Waals surface area contributed by atoms with Crippen LogP contribution in [-0.2, 0) is 0 Å². The summed E-state index contributed by atoms with van der Waals surface area (Å²) in [7, 11) is 0. The van der Waals surface area contributed by atoms with E-state index in [1.807, 2.05) is 18.4 Å². The molecule has 104 valence electrons. The van der Waals surface area contributed by atoms with Gasteiger partial charge in [0.15, 0.2) is 0 Å². The van der Waals surface area contributed by atoms with E-state index in [2.05, 4.69) is 6.07 Å². The number of hydrogen-bond donors (Lipinski definition) is 1. The molecule has 1 atom stereocenters. The molecule has 20 heavy (non-hydrogen) atoms. The predicted molar refractivity (Wildman–Crippen MR) is 80.1 cm³/mol. The highest BCUT2D eigenvalue weighted by atomic mass is 35.5. The standard InChI is InChI=1S/C15H16ClN3O/c1-3-10(2)19-12(9-17)8-14(18)15(19)20-13-6-4-5-11(16)7-13/h4-8,10H,3,18H2,1-2H3/t10-/m1/s1. The van der Waals surface area contributed by atoms with Crippen molar-refractivity contribution in [2.75, 3.05) is 5.73 Å². The van der Waals surface area contributed by atoms with Crippen LogP contribution >= 0.6 is 11.6 Å². The number of benzene rings is 1. The Morgan fingerprint density at radius 1 is 1.45 bits per heavy atom. The van der Waals surface area contributed by atoms with Crippen LogP contribution in [0.15, 0.2) is 30.3 Å². The van der Waals surface area contributed by atoms with Crippen molar-refractivity contribution in [3.8, 4) is 17.7 Å². The predicted octanol–water partition coefficient (Wildman–Crippen LogP) is 4.36. The molecule has 0 radical (unpaired) electrons. The number of anilines is 1. The molecule has 2 rings (SSSR count). The molecular weight excluding hydrogens is 274 g/mol. The Morgan fingerprint density at radius 3 is 2.80 bits per heavy atom. The summed E-state index contributed by atoms with van der Waals surface area (Å²) in [4.78, 5) is 0. The van der Waals surface area contributed by atoms with E-state index in [4.69, 9.17) is 22.1 Å². The number of nitrogens with zero attached hydrogens (tertiary/aromatic N) is 2. The van der Waals surface area contributed by atoms with E-state index in [1.165, 1.54) is 0 Å². The van der Waals surface area contributed by atoms with Gasteiger partial charge in [-0.15, -0.1) is 0 Å². The van der Waals surface area contributed by atoms with Gasteiger partial charge in [-0.05, 0) is 31.5 Å². The minimum absolute atomic E-state index is 0.121. The monoisotopic (exact) mass is 289 g/mol. The first kappa shape index (κ1) is 14.3. The minimum Gasteiger partial charge on any atom is -0.439 e. The Balaban J connectivity index is 2.46. The number of ether oxygens (including phenoxy) is 1. The Kier molecular flexibility index (Phi) is 4.21. The lowest BCUT2D eigenvalue weighted by Crippen LogP contribution is -2.08. The normalized spacial score (nSPS) is 11.9. The van der Waals surface area contributed by atoms with Crippen molar-refractivity contribution in [1.82, 2.24) is 4.57 Å². The number of nitrogen functional groups attached to an aromatic ring is 1. The Bertz CT molecular complexity index is 658. The highest BCUT2D eigenvalue weighted by molar-refractivity contribution is 6.30. The van der Waals surface area contributed by atoms with Gasteiger partial charge in [0.05, 0.1) is 5.69 Å². The van der Waals surface area contributed by atoms with Crippen LogP contribution in [-0.4, -0.2) is 4.57 Å². The third-order valence-corrected chi connectivity index (χ3v) is 3.41. The quantitative estimate of drug-likeness (QED) is 0.909. The van der Waals surface area contributed by atoms with E-state index in [0.29, 0.717) is 28.0 Å².